The SMILES string of the molecule is CC(C(=O)Nc1cccc(CN)c1)N1CCC(O)C1. The topological polar surface area (TPSA) is 78.6 Å². The van der Waals surface area contributed by atoms with Crippen molar-refractivity contribution in [1.82, 2.24) is 4.90 Å². The lowest BCUT2D eigenvalue weighted by Crippen LogP contribution is -2.41. The van der Waals surface area contributed by atoms with Crippen molar-refractivity contribution >= 4 is 11.6 Å². The maximum absolute atomic E-state index is 12.1. The second-order valence-corrected chi connectivity index (χ2v) is 5.01. The first-order chi connectivity index (χ1) is 9.10. The number of aliphatic hydroxyl groups excluding tert-OH is 1. The van der Waals surface area contributed by atoms with Crippen LogP contribution in [0.4, 0.5) is 5.69 Å². The third-order valence-corrected chi connectivity index (χ3v) is 3.55. The Bertz CT molecular complexity index is 450. The van der Waals surface area contributed by atoms with Crippen LogP contribution in [0.15, 0.2) is 24.3 Å². The highest BCUT2D eigenvalue weighted by molar-refractivity contribution is 5.94. The lowest BCUT2D eigenvalue weighted by molar-refractivity contribution is -0.120. The molecular weight excluding hydrogens is 242 g/mol. The molecule has 1 heterocycles. The van der Waals surface area contributed by atoms with Gasteiger partial charge in [-0.05, 0) is 31.0 Å². The van der Waals surface area contributed by atoms with Gasteiger partial charge in [0.2, 0.25) is 5.91 Å². The molecule has 0 aliphatic carbocycles. The number of carbonyl (C=O) groups is 1. The lowest BCUT2D eigenvalue weighted by atomic mass is 10.2. The van der Waals surface area contributed by atoms with E-state index in [1.165, 1.54) is 0 Å². The third-order valence-electron chi connectivity index (χ3n) is 3.55. The van der Waals surface area contributed by atoms with Crippen LogP contribution in [-0.2, 0) is 11.3 Å². The van der Waals surface area contributed by atoms with E-state index >= 15 is 0 Å². The Morgan fingerprint density at radius 3 is 3.05 bits per heavy atom. The molecular formula is C14H21N3O2. The normalized spacial score (nSPS) is 21.3. The molecule has 0 saturated carbocycles. The average Bonchev–Trinajstić information content (AvgIpc) is 2.84. The largest absolute Gasteiger partial charge is 0.392 e. The van der Waals surface area contributed by atoms with Crippen LogP contribution in [0.3, 0.4) is 0 Å². The number of nitrogens with one attached hydrogen (secondary N) is 1. The van der Waals surface area contributed by atoms with Crippen molar-refractivity contribution in [1.29, 1.82) is 0 Å². The maximum atomic E-state index is 12.1. The standard InChI is InChI=1S/C14H21N3O2/c1-10(17-6-5-13(18)9-17)14(19)16-12-4-2-3-11(7-12)8-15/h2-4,7,10,13,18H,5-6,8-9,15H2,1H3,(H,16,19). The lowest BCUT2D eigenvalue weighted by Gasteiger charge is -2.23. The molecule has 0 radical (unpaired) electrons. The highest BCUT2D eigenvalue weighted by atomic mass is 16.3. The van der Waals surface area contributed by atoms with E-state index in [1.54, 1.807) is 0 Å². The summed E-state index contributed by atoms with van der Waals surface area (Å²) in [6.45, 7) is 3.65. The first-order valence-corrected chi connectivity index (χ1v) is 6.62. The van der Waals surface area contributed by atoms with Crippen LogP contribution >= 0.6 is 0 Å². The summed E-state index contributed by atoms with van der Waals surface area (Å²) in [4.78, 5) is 14.1. The van der Waals surface area contributed by atoms with Gasteiger partial charge < -0.3 is 16.2 Å². The first-order valence-electron chi connectivity index (χ1n) is 6.62. The number of nitrogens with two attached hydrogens (primary N) is 1. The number of aliphatic hydroxyl groups is 1. The highest BCUT2D eigenvalue weighted by Gasteiger charge is 2.28. The van der Waals surface area contributed by atoms with Crippen LogP contribution in [-0.4, -0.2) is 41.1 Å². The van der Waals surface area contributed by atoms with Crippen molar-refractivity contribution in [3.8, 4) is 0 Å². The van der Waals surface area contributed by atoms with Gasteiger partial charge in [0.05, 0.1) is 12.1 Å². The number of benzene rings is 1. The second kappa shape index (κ2) is 6.14. The smallest absolute Gasteiger partial charge is 0.241 e. The Hall–Kier alpha value is -1.43. The van der Waals surface area contributed by atoms with E-state index < -0.39 is 0 Å². The summed E-state index contributed by atoms with van der Waals surface area (Å²) < 4.78 is 0. The van der Waals surface area contributed by atoms with Crippen LogP contribution in [0, 0.1) is 0 Å². The predicted molar refractivity (Wildman–Crippen MR) is 74.6 cm³/mol. The Balaban J connectivity index is 1.96. The molecule has 1 saturated heterocycles. The molecule has 2 atom stereocenters. The number of likely N-dealkylation sites (tertiary alicyclic amines) is 1. The molecule has 1 aliphatic rings. The van der Waals surface area contributed by atoms with E-state index in [0.717, 1.165) is 24.2 Å². The van der Waals surface area contributed by atoms with Crippen LogP contribution in [0.2, 0.25) is 0 Å². The molecule has 2 unspecified atom stereocenters. The van der Waals surface area contributed by atoms with Gasteiger partial charge in [0, 0.05) is 25.3 Å². The fourth-order valence-corrected chi connectivity index (χ4v) is 2.31. The Morgan fingerprint density at radius 1 is 1.63 bits per heavy atom. The number of anilines is 1. The fourth-order valence-electron chi connectivity index (χ4n) is 2.31. The summed E-state index contributed by atoms with van der Waals surface area (Å²) >= 11 is 0. The van der Waals surface area contributed by atoms with Crippen molar-refractivity contribution < 1.29 is 9.90 Å². The molecule has 0 aromatic heterocycles. The van der Waals surface area contributed by atoms with E-state index in [0.29, 0.717) is 13.1 Å². The van der Waals surface area contributed by atoms with Crippen molar-refractivity contribution in [3.63, 3.8) is 0 Å². The summed E-state index contributed by atoms with van der Waals surface area (Å²) in [5.41, 5.74) is 7.33. The number of carbonyl (C=O) groups excluding carboxylic acids is 1. The molecule has 19 heavy (non-hydrogen) atoms. The highest BCUT2D eigenvalue weighted by Crippen LogP contribution is 2.15. The predicted octanol–water partition coefficient (Wildman–Crippen LogP) is 0.539. The van der Waals surface area contributed by atoms with Gasteiger partial charge >= 0.3 is 0 Å². The molecule has 4 N–H and O–H groups in total. The molecule has 0 spiro atoms. The summed E-state index contributed by atoms with van der Waals surface area (Å²) in [7, 11) is 0. The minimum absolute atomic E-state index is 0.0525. The van der Waals surface area contributed by atoms with Crippen LogP contribution in [0.1, 0.15) is 18.9 Å². The van der Waals surface area contributed by atoms with E-state index in [2.05, 4.69) is 5.32 Å². The third kappa shape index (κ3) is 3.53. The number of hydrogen-bond donors (Lipinski definition) is 3. The van der Waals surface area contributed by atoms with Gasteiger partial charge in [-0.3, -0.25) is 9.69 Å². The molecule has 1 fully saturated rings. The quantitative estimate of drug-likeness (QED) is 0.741. The van der Waals surface area contributed by atoms with Gasteiger partial charge in [-0.15, -0.1) is 0 Å². The molecule has 1 aliphatic heterocycles. The number of rotatable bonds is 4. The van der Waals surface area contributed by atoms with Gasteiger partial charge in [-0.2, -0.15) is 0 Å². The van der Waals surface area contributed by atoms with Crippen molar-refractivity contribution in [2.24, 2.45) is 5.73 Å². The van der Waals surface area contributed by atoms with Gasteiger partial charge in [0.1, 0.15) is 0 Å². The molecule has 1 aromatic rings. The van der Waals surface area contributed by atoms with Gasteiger partial charge in [0.25, 0.3) is 0 Å². The number of hydrogen-bond acceptors (Lipinski definition) is 4. The van der Waals surface area contributed by atoms with E-state index in [-0.39, 0.29) is 18.1 Å². The van der Waals surface area contributed by atoms with Gasteiger partial charge in [-0.1, -0.05) is 12.1 Å². The van der Waals surface area contributed by atoms with Gasteiger partial charge in [-0.25, -0.2) is 0 Å². The maximum Gasteiger partial charge on any atom is 0.241 e. The Labute approximate surface area is 113 Å². The minimum Gasteiger partial charge on any atom is -0.392 e. The average molecular weight is 263 g/mol. The van der Waals surface area contributed by atoms with Crippen LogP contribution in [0.25, 0.3) is 0 Å². The fraction of sp³-hybridized carbons (Fsp3) is 0.500. The Morgan fingerprint density at radius 2 is 2.42 bits per heavy atom. The van der Waals surface area contributed by atoms with Gasteiger partial charge in [0.15, 0.2) is 0 Å². The molecule has 1 amide bonds. The van der Waals surface area contributed by atoms with Crippen molar-refractivity contribution in [2.75, 3.05) is 18.4 Å². The van der Waals surface area contributed by atoms with Crippen LogP contribution < -0.4 is 11.1 Å². The monoisotopic (exact) mass is 263 g/mol. The van der Waals surface area contributed by atoms with E-state index in [1.807, 2.05) is 36.1 Å². The molecule has 104 valence electrons. The number of nitrogens with zero attached hydrogens (tertiary/aromatic N) is 1. The summed E-state index contributed by atoms with van der Waals surface area (Å²) in [5, 5.41) is 12.4. The first kappa shape index (κ1) is 14.0. The van der Waals surface area contributed by atoms with E-state index in [9.17, 15) is 9.90 Å². The molecule has 2 rings (SSSR count). The zero-order valence-corrected chi connectivity index (χ0v) is 11.2. The zero-order chi connectivity index (χ0) is 13.8. The molecule has 5 nitrogen and oxygen atoms in total. The number of β-amino-alcohol motifs (C(OH)–C–C–N with tert-alkyl or cyclic N) is 1. The number of amides is 1. The molecule has 1 aromatic carbocycles. The minimum atomic E-state index is -0.309. The molecule has 5 heteroatoms. The summed E-state index contributed by atoms with van der Waals surface area (Å²) in [6.07, 6.45) is 0.427. The zero-order valence-electron chi connectivity index (χ0n) is 11.2. The Kier molecular flexibility index (Phi) is 4.52. The molecule has 0 bridgehead atoms. The van der Waals surface area contributed by atoms with Crippen LogP contribution in [0.5, 0.6) is 0 Å². The van der Waals surface area contributed by atoms with Crippen molar-refractivity contribution in [3.05, 3.63) is 29.8 Å². The second-order valence-electron chi connectivity index (χ2n) is 5.01. The van der Waals surface area contributed by atoms with E-state index in [4.69, 9.17) is 5.73 Å². The summed E-state index contributed by atoms with van der Waals surface area (Å²) in [6, 6.07) is 7.29. The van der Waals surface area contributed by atoms with Crippen molar-refractivity contribution in [2.45, 2.75) is 32.0 Å². The summed E-state index contributed by atoms with van der Waals surface area (Å²) in [5.74, 6) is -0.0525.